The van der Waals surface area contributed by atoms with Crippen molar-refractivity contribution in [3.8, 4) is 0 Å². The molecule has 1 atom stereocenters. The highest BCUT2D eigenvalue weighted by molar-refractivity contribution is 4.89. The smallest absolute Gasteiger partial charge is 0.0232 e. The van der Waals surface area contributed by atoms with Gasteiger partial charge in [0.25, 0.3) is 0 Å². The Kier molecular flexibility index (Phi) is 4.56. The van der Waals surface area contributed by atoms with Crippen LogP contribution in [0.3, 0.4) is 0 Å². The topological polar surface area (TPSA) is 32.5 Å². The summed E-state index contributed by atoms with van der Waals surface area (Å²) < 4.78 is 0. The third-order valence-corrected chi connectivity index (χ3v) is 3.87. The molecular formula is C12H27N3. The van der Waals surface area contributed by atoms with Crippen LogP contribution in [0.1, 0.15) is 33.6 Å². The molecule has 0 amide bonds. The first-order valence-electron chi connectivity index (χ1n) is 6.16. The average Bonchev–Trinajstić information content (AvgIpc) is 2.29. The molecule has 1 unspecified atom stereocenters. The Morgan fingerprint density at radius 3 is 2.60 bits per heavy atom. The molecule has 0 aromatic rings. The maximum absolute atomic E-state index is 5.68. The van der Waals surface area contributed by atoms with E-state index in [0.717, 1.165) is 26.1 Å². The van der Waals surface area contributed by atoms with Crippen LogP contribution in [-0.4, -0.2) is 54.6 Å². The number of hydrogen-bond acceptors (Lipinski definition) is 3. The molecule has 3 heteroatoms. The molecule has 1 rings (SSSR count). The van der Waals surface area contributed by atoms with E-state index in [1.165, 1.54) is 13.0 Å². The maximum atomic E-state index is 5.68. The van der Waals surface area contributed by atoms with Gasteiger partial charge in [-0.15, -0.1) is 0 Å². The molecule has 0 saturated carbocycles. The van der Waals surface area contributed by atoms with Crippen molar-refractivity contribution in [1.82, 2.24) is 9.80 Å². The van der Waals surface area contributed by atoms with E-state index in [0.29, 0.717) is 11.6 Å². The quantitative estimate of drug-likeness (QED) is 0.763. The lowest BCUT2D eigenvalue weighted by atomic mass is 9.98. The van der Waals surface area contributed by atoms with Crippen LogP contribution >= 0.6 is 0 Å². The average molecular weight is 213 g/mol. The lowest BCUT2D eigenvalue weighted by molar-refractivity contribution is 0.120. The first kappa shape index (κ1) is 12.9. The molecule has 15 heavy (non-hydrogen) atoms. The van der Waals surface area contributed by atoms with Gasteiger partial charge in [-0.1, -0.05) is 6.92 Å². The Labute approximate surface area is 94.6 Å². The largest absolute Gasteiger partial charge is 0.330 e. The molecule has 2 N–H and O–H groups in total. The molecule has 1 heterocycles. The van der Waals surface area contributed by atoms with Gasteiger partial charge in [0.15, 0.2) is 0 Å². The van der Waals surface area contributed by atoms with Gasteiger partial charge in [0.1, 0.15) is 0 Å². The van der Waals surface area contributed by atoms with Crippen LogP contribution in [0.5, 0.6) is 0 Å². The summed E-state index contributed by atoms with van der Waals surface area (Å²) in [6, 6.07) is 0.636. The van der Waals surface area contributed by atoms with Crippen molar-refractivity contribution < 1.29 is 0 Å². The minimum atomic E-state index is 0.340. The fraction of sp³-hybridized carbons (Fsp3) is 1.00. The Bertz CT molecular complexity index is 191. The van der Waals surface area contributed by atoms with Crippen LogP contribution in [0.4, 0.5) is 0 Å². The lowest BCUT2D eigenvalue weighted by Crippen LogP contribution is -2.46. The van der Waals surface area contributed by atoms with Crippen molar-refractivity contribution in [1.29, 1.82) is 0 Å². The molecule has 1 saturated heterocycles. The molecule has 0 bridgehead atoms. The van der Waals surface area contributed by atoms with Gasteiger partial charge in [-0.05, 0) is 53.4 Å². The van der Waals surface area contributed by atoms with E-state index in [4.69, 9.17) is 5.73 Å². The highest BCUT2D eigenvalue weighted by Gasteiger charge is 2.32. The van der Waals surface area contributed by atoms with E-state index in [2.05, 4.69) is 37.6 Å². The number of nitrogens with two attached hydrogens (primary N) is 1. The van der Waals surface area contributed by atoms with Crippen molar-refractivity contribution >= 4 is 0 Å². The van der Waals surface area contributed by atoms with Crippen LogP contribution in [-0.2, 0) is 0 Å². The second-order valence-electron chi connectivity index (χ2n) is 5.31. The maximum Gasteiger partial charge on any atom is 0.0232 e. The SMILES string of the molecule is CCN1CC(CCN)N(C)CCC1(C)C. The second kappa shape index (κ2) is 5.28. The minimum Gasteiger partial charge on any atom is -0.330 e. The minimum absolute atomic E-state index is 0.340. The molecule has 0 aromatic heterocycles. The predicted octanol–water partition coefficient (Wildman–Crippen LogP) is 1.14. The Hall–Kier alpha value is -0.120. The van der Waals surface area contributed by atoms with Crippen LogP contribution < -0.4 is 5.73 Å². The van der Waals surface area contributed by atoms with E-state index < -0.39 is 0 Å². The highest BCUT2D eigenvalue weighted by atomic mass is 15.3. The molecule has 1 aliphatic heterocycles. The summed E-state index contributed by atoms with van der Waals surface area (Å²) in [5, 5.41) is 0. The van der Waals surface area contributed by atoms with Gasteiger partial charge in [-0.3, -0.25) is 4.90 Å². The second-order valence-corrected chi connectivity index (χ2v) is 5.31. The van der Waals surface area contributed by atoms with Gasteiger partial charge in [-0.25, -0.2) is 0 Å². The zero-order valence-electron chi connectivity index (χ0n) is 10.8. The van der Waals surface area contributed by atoms with E-state index in [1.807, 2.05) is 0 Å². The monoisotopic (exact) mass is 213 g/mol. The van der Waals surface area contributed by atoms with Crippen LogP contribution in [0.15, 0.2) is 0 Å². The number of likely N-dealkylation sites (N-methyl/N-ethyl adjacent to an activating group) is 2. The normalized spacial score (nSPS) is 29.0. The molecule has 1 fully saturated rings. The molecule has 0 aliphatic carbocycles. The van der Waals surface area contributed by atoms with E-state index in [1.54, 1.807) is 0 Å². The predicted molar refractivity (Wildman–Crippen MR) is 66.0 cm³/mol. The Morgan fingerprint density at radius 2 is 2.07 bits per heavy atom. The number of rotatable bonds is 3. The van der Waals surface area contributed by atoms with Crippen molar-refractivity contribution in [2.24, 2.45) is 5.73 Å². The molecular weight excluding hydrogens is 186 g/mol. The van der Waals surface area contributed by atoms with Gasteiger partial charge in [0.2, 0.25) is 0 Å². The van der Waals surface area contributed by atoms with Crippen molar-refractivity contribution in [3.63, 3.8) is 0 Å². The summed E-state index contributed by atoms with van der Waals surface area (Å²) in [5.74, 6) is 0. The van der Waals surface area contributed by atoms with E-state index in [9.17, 15) is 0 Å². The molecule has 0 spiro atoms. The van der Waals surface area contributed by atoms with Gasteiger partial charge in [0.05, 0.1) is 0 Å². The summed E-state index contributed by atoms with van der Waals surface area (Å²) in [6.07, 6.45) is 2.36. The van der Waals surface area contributed by atoms with Crippen LogP contribution in [0.2, 0.25) is 0 Å². The Balaban J connectivity index is 2.70. The van der Waals surface area contributed by atoms with Gasteiger partial charge in [-0.2, -0.15) is 0 Å². The molecule has 90 valence electrons. The molecule has 0 radical (unpaired) electrons. The molecule has 3 nitrogen and oxygen atoms in total. The first-order chi connectivity index (χ1) is 7.01. The standard InChI is InChI=1S/C12H27N3/c1-5-15-10-11(6-8-13)14(4)9-7-12(15,2)3/h11H,5-10,13H2,1-4H3. The fourth-order valence-electron chi connectivity index (χ4n) is 2.49. The van der Waals surface area contributed by atoms with Gasteiger partial charge in [0, 0.05) is 18.1 Å². The van der Waals surface area contributed by atoms with Crippen LogP contribution in [0, 0.1) is 0 Å². The number of hydrogen-bond donors (Lipinski definition) is 1. The molecule has 0 aromatic carbocycles. The fourth-order valence-corrected chi connectivity index (χ4v) is 2.49. The summed E-state index contributed by atoms with van der Waals surface area (Å²) >= 11 is 0. The van der Waals surface area contributed by atoms with E-state index in [-0.39, 0.29) is 0 Å². The number of nitrogens with zero attached hydrogens (tertiary/aromatic N) is 2. The van der Waals surface area contributed by atoms with Gasteiger partial charge < -0.3 is 10.6 Å². The summed E-state index contributed by atoms with van der Waals surface area (Å²) in [6.45, 7) is 11.3. The zero-order valence-corrected chi connectivity index (χ0v) is 10.8. The first-order valence-corrected chi connectivity index (χ1v) is 6.16. The lowest BCUT2D eigenvalue weighted by Gasteiger charge is -2.37. The van der Waals surface area contributed by atoms with Crippen molar-refractivity contribution in [2.75, 3.05) is 33.2 Å². The van der Waals surface area contributed by atoms with Crippen molar-refractivity contribution in [2.45, 2.75) is 45.2 Å². The zero-order chi connectivity index (χ0) is 11.5. The van der Waals surface area contributed by atoms with Gasteiger partial charge >= 0.3 is 0 Å². The Morgan fingerprint density at radius 1 is 1.40 bits per heavy atom. The third kappa shape index (κ3) is 3.16. The highest BCUT2D eigenvalue weighted by Crippen LogP contribution is 2.24. The third-order valence-electron chi connectivity index (χ3n) is 3.87. The van der Waals surface area contributed by atoms with Crippen molar-refractivity contribution in [3.05, 3.63) is 0 Å². The summed E-state index contributed by atoms with van der Waals surface area (Å²) in [5.41, 5.74) is 6.02. The summed E-state index contributed by atoms with van der Waals surface area (Å²) in [4.78, 5) is 5.07. The summed E-state index contributed by atoms with van der Waals surface area (Å²) in [7, 11) is 2.23. The van der Waals surface area contributed by atoms with E-state index >= 15 is 0 Å². The van der Waals surface area contributed by atoms with Crippen LogP contribution in [0.25, 0.3) is 0 Å². The molecule has 1 aliphatic rings.